The molecule has 0 saturated carbocycles. The number of nitrogens with zero attached hydrogens (tertiary/aromatic N) is 1. The zero-order chi connectivity index (χ0) is 11.5. The van der Waals surface area contributed by atoms with Gasteiger partial charge in [-0.1, -0.05) is 18.6 Å². The van der Waals surface area contributed by atoms with Crippen LogP contribution in [-0.2, 0) is 0 Å². The van der Waals surface area contributed by atoms with Crippen molar-refractivity contribution in [2.75, 3.05) is 25.5 Å². The first kappa shape index (κ1) is 11.5. The van der Waals surface area contributed by atoms with E-state index in [1.54, 1.807) is 0 Å². The molecule has 2 heteroatoms. The highest BCUT2D eigenvalue weighted by atomic mass is 15.1. The Morgan fingerprint density at radius 1 is 1.25 bits per heavy atom. The first-order chi connectivity index (χ1) is 7.68. The average molecular weight is 218 g/mol. The van der Waals surface area contributed by atoms with Gasteiger partial charge in [-0.05, 0) is 43.5 Å². The lowest BCUT2D eigenvalue weighted by Crippen LogP contribution is -2.28. The van der Waals surface area contributed by atoms with Crippen molar-refractivity contribution in [1.29, 1.82) is 0 Å². The van der Waals surface area contributed by atoms with Gasteiger partial charge in [0, 0.05) is 25.8 Å². The van der Waals surface area contributed by atoms with Crippen LogP contribution in [0.15, 0.2) is 18.2 Å². The summed E-state index contributed by atoms with van der Waals surface area (Å²) in [6, 6.07) is 7.34. The summed E-state index contributed by atoms with van der Waals surface area (Å²) in [7, 11) is 4.25. The van der Waals surface area contributed by atoms with Gasteiger partial charge < -0.3 is 10.2 Å². The molecule has 16 heavy (non-hydrogen) atoms. The summed E-state index contributed by atoms with van der Waals surface area (Å²) in [5.74, 6) is 0. The number of piperidine rings is 1. The molecule has 1 fully saturated rings. The van der Waals surface area contributed by atoms with Gasteiger partial charge in [0.15, 0.2) is 0 Å². The van der Waals surface area contributed by atoms with Crippen molar-refractivity contribution in [2.45, 2.75) is 32.2 Å². The number of hydrogen-bond acceptors (Lipinski definition) is 2. The van der Waals surface area contributed by atoms with Crippen molar-refractivity contribution >= 4 is 5.69 Å². The van der Waals surface area contributed by atoms with Gasteiger partial charge >= 0.3 is 0 Å². The molecule has 1 heterocycles. The molecule has 0 radical (unpaired) electrons. The van der Waals surface area contributed by atoms with Gasteiger partial charge in [-0.3, -0.25) is 0 Å². The maximum absolute atomic E-state index is 3.62. The highest BCUT2D eigenvalue weighted by molar-refractivity contribution is 5.55. The fourth-order valence-electron chi connectivity index (χ4n) is 2.45. The summed E-state index contributed by atoms with van der Waals surface area (Å²) < 4.78 is 0. The number of aryl methyl sites for hydroxylation is 1. The molecule has 0 amide bonds. The number of rotatable bonds is 2. The number of nitrogens with one attached hydrogen (secondary N) is 1. The summed E-state index contributed by atoms with van der Waals surface area (Å²) in [6.45, 7) is 3.32. The molecule has 1 aromatic rings. The monoisotopic (exact) mass is 218 g/mol. The van der Waals surface area contributed by atoms with E-state index in [2.05, 4.69) is 49.4 Å². The Bertz CT molecular complexity index is 352. The van der Waals surface area contributed by atoms with Crippen LogP contribution in [0.4, 0.5) is 5.69 Å². The molecule has 0 spiro atoms. The minimum atomic E-state index is 0.548. The van der Waals surface area contributed by atoms with Crippen molar-refractivity contribution in [3.8, 4) is 0 Å². The van der Waals surface area contributed by atoms with E-state index in [4.69, 9.17) is 0 Å². The van der Waals surface area contributed by atoms with E-state index in [0.29, 0.717) is 6.04 Å². The van der Waals surface area contributed by atoms with Gasteiger partial charge in [-0.25, -0.2) is 0 Å². The van der Waals surface area contributed by atoms with Crippen LogP contribution in [0.3, 0.4) is 0 Å². The largest absolute Gasteiger partial charge is 0.377 e. The van der Waals surface area contributed by atoms with E-state index in [0.717, 1.165) is 6.54 Å². The standard InChI is InChI=1S/C14H22N2/c1-11-7-8-12(14(10-11)16(2)3)13-6-4-5-9-15-13/h7-8,10,13,15H,4-6,9H2,1-3H3. The number of anilines is 1. The lowest BCUT2D eigenvalue weighted by atomic mass is 9.95. The molecule has 2 rings (SSSR count). The van der Waals surface area contributed by atoms with E-state index >= 15 is 0 Å². The molecule has 0 aromatic heterocycles. The second kappa shape index (κ2) is 4.88. The molecule has 1 N–H and O–H groups in total. The smallest absolute Gasteiger partial charge is 0.0412 e. The van der Waals surface area contributed by atoms with Gasteiger partial charge in [0.1, 0.15) is 0 Å². The molecule has 0 aliphatic carbocycles. The number of benzene rings is 1. The topological polar surface area (TPSA) is 15.3 Å². The van der Waals surface area contributed by atoms with Crippen LogP contribution in [-0.4, -0.2) is 20.6 Å². The molecule has 1 atom stereocenters. The minimum Gasteiger partial charge on any atom is -0.377 e. The maximum Gasteiger partial charge on any atom is 0.0412 e. The highest BCUT2D eigenvalue weighted by Gasteiger charge is 2.18. The van der Waals surface area contributed by atoms with E-state index in [-0.39, 0.29) is 0 Å². The van der Waals surface area contributed by atoms with Crippen LogP contribution >= 0.6 is 0 Å². The van der Waals surface area contributed by atoms with Gasteiger partial charge in [0.05, 0.1) is 0 Å². The minimum absolute atomic E-state index is 0.548. The number of hydrogen-bond donors (Lipinski definition) is 1. The lowest BCUT2D eigenvalue weighted by molar-refractivity contribution is 0.412. The predicted octanol–water partition coefficient (Wildman–Crippen LogP) is 2.88. The third kappa shape index (κ3) is 2.38. The lowest BCUT2D eigenvalue weighted by Gasteiger charge is -2.28. The fraction of sp³-hybridized carbons (Fsp3) is 0.571. The maximum atomic E-state index is 3.62. The molecule has 2 nitrogen and oxygen atoms in total. The van der Waals surface area contributed by atoms with E-state index in [1.165, 1.54) is 36.1 Å². The second-order valence-corrected chi connectivity index (χ2v) is 4.96. The van der Waals surface area contributed by atoms with Gasteiger partial charge in [-0.2, -0.15) is 0 Å². The summed E-state index contributed by atoms with van der Waals surface area (Å²) in [5, 5.41) is 3.62. The molecule has 1 unspecified atom stereocenters. The summed E-state index contributed by atoms with van der Waals surface area (Å²) in [4.78, 5) is 2.22. The van der Waals surface area contributed by atoms with E-state index in [9.17, 15) is 0 Å². The predicted molar refractivity (Wildman–Crippen MR) is 70.1 cm³/mol. The van der Waals surface area contributed by atoms with Crippen molar-refractivity contribution in [3.63, 3.8) is 0 Å². The van der Waals surface area contributed by atoms with Crippen LogP contribution in [0.1, 0.15) is 36.4 Å². The molecular weight excluding hydrogens is 196 g/mol. The molecule has 88 valence electrons. The summed E-state index contributed by atoms with van der Waals surface area (Å²) in [6.07, 6.45) is 3.93. The van der Waals surface area contributed by atoms with Crippen LogP contribution in [0.2, 0.25) is 0 Å². The van der Waals surface area contributed by atoms with Gasteiger partial charge in [0.2, 0.25) is 0 Å². The average Bonchev–Trinajstić information content (AvgIpc) is 2.30. The highest BCUT2D eigenvalue weighted by Crippen LogP contribution is 2.31. The van der Waals surface area contributed by atoms with Crippen molar-refractivity contribution < 1.29 is 0 Å². The Hall–Kier alpha value is -1.02. The molecular formula is C14H22N2. The zero-order valence-electron chi connectivity index (χ0n) is 10.6. The quantitative estimate of drug-likeness (QED) is 0.821. The van der Waals surface area contributed by atoms with Crippen LogP contribution in [0.25, 0.3) is 0 Å². The Kier molecular flexibility index (Phi) is 3.49. The second-order valence-electron chi connectivity index (χ2n) is 4.96. The van der Waals surface area contributed by atoms with E-state index < -0.39 is 0 Å². The first-order valence-corrected chi connectivity index (χ1v) is 6.20. The Morgan fingerprint density at radius 2 is 2.06 bits per heavy atom. The zero-order valence-corrected chi connectivity index (χ0v) is 10.6. The molecule has 1 saturated heterocycles. The Morgan fingerprint density at radius 3 is 2.69 bits per heavy atom. The van der Waals surface area contributed by atoms with E-state index in [1.807, 2.05) is 0 Å². The van der Waals surface area contributed by atoms with Gasteiger partial charge in [0.25, 0.3) is 0 Å². The molecule has 1 aliphatic heterocycles. The van der Waals surface area contributed by atoms with Crippen molar-refractivity contribution in [1.82, 2.24) is 5.32 Å². The Balaban J connectivity index is 2.31. The molecule has 1 aromatic carbocycles. The normalized spacial score (nSPS) is 20.8. The van der Waals surface area contributed by atoms with Gasteiger partial charge in [-0.15, -0.1) is 0 Å². The van der Waals surface area contributed by atoms with Crippen LogP contribution < -0.4 is 10.2 Å². The SMILES string of the molecule is Cc1ccc(C2CCCCN2)c(N(C)C)c1. The van der Waals surface area contributed by atoms with Crippen molar-refractivity contribution in [3.05, 3.63) is 29.3 Å². The van der Waals surface area contributed by atoms with Crippen molar-refractivity contribution in [2.24, 2.45) is 0 Å². The third-order valence-corrected chi connectivity index (χ3v) is 3.35. The first-order valence-electron chi connectivity index (χ1n) is 6.20. The fourth-order valence-corrected chi connectivity index (χ4v) is 2.45. The summed E-state index contributed by atoms with van der Waals surface area (Å²) in [5.41, 5.74) is 4.15. The summed E-state index contributed by atoms with van der Waals surface area (Å²) >= 11 is 0. The molecule has 0 bridgehead atoms. The van der Waals surface area contributed by atoms with Crippen LogP contribution in [0, 0.1) is 6.92 Å². The molecule has 1 aliphatic rings. The Labute approximate surface area is 98.7 Å². The van der Waals surface area contributed by atoms with Crippen LogP contribution in [0.5, 0.6) is 0 Å². The third-order valence-electron chi connectivity index (χ3n) is 3.35.